The minimum Gasteiger partial charge on any atom is -0.350 e. The second-order valence-electron chi connectivity index (χ2n) is 7.65. The molecule has 0 saturated heterocycles. The van der Waals surface area contributed by atoms with E-state index in [1.54, 1.807) is 12.1 Å². The summed E-state index contributed by atoms with van der Waals surface area (Å²) < 4.78 is 43.0. The van der Waals surface area contributed by atoms with Gasteiger partial charge in [-0.05, 0) is 74.0 Å². The molecule has 9 heteroatoms. The van der Waals surface area contributed by atoms with Gasteiger partial charge < -0.3 is 9.88 Å². The maximum absolute atomic E-state index is 13.4. The lowest BCUT2D eigenvalue weighted by atomic mass is 10.2. The molecule has 33 heavy (non-hydrogen) atoms. The number of para-hydroxylation sites is 2. The number of carbonyl (C=O) groups is 1. The van der Waals surface area contributed by atoms with Crippen molar-refractivity contribution in [3.8, 4) is 0 Å². The molecule has 0 atom stereocenters. The number of imidazole rings is 1. The number of anilines is 1. The fourth-order valence-corrected chi connectivity index (χ4v) is 4.69. The first-order chi connectivity index (χ1) is 15.7. The summed E-state index contributed by atoms with van der Waals surface area (Å²) in [6, 6.07) is 17.5. The van der Waals surface area contributed by atoms with E-state index in [0.717, 1.165) is 22.9 Å². The van der Waals surface area contributed by atoms with Crippen molar-refractivity contribution in [2.75, 3.05) is 11.3 Å². The minimum absolute atomic E-state index is 0.0365. The van der Waals surface area contributed by atoms with E-state index in [1.807, 2.05) is 35.8 Å². The first-order valence-electron chi connectivity index (χ1n) is 10.3. The summed E-state index contributed by atoms with van der Waals surface area (Å²) >= 11 is 0. The number of nitrogens with zero attached hydrogens (tertiary/aromatic N) is 2. The van der Waals surface area contributed by atoms with Crippen molar-refractivity contribution in [1.29, 1.82) is 0 Å². The summed E-state index contributed by atoms with van der Waals surface area (Å²) in [5.41, 5.74) is 2.87. The number of amides is 1. The number of hydrogen-bond donors (Lipinski definition) is 2. The Balaban J connectivity index is 1.38. The second kappa shape index (κ2) is 9.03. The summed E-state index contributed by atoms with van der Waals surface area (Å²) in [5, 5.41) is 2.87. The molecule has 0 aliphatic heterocycles. The first-order valence-corrected chi connectivity index (χ1v) is 11.8. The molecule has 7 nitrogen and oxygen atoms in total. The Bertz CT molecular complexity index is 1430. The largest absolute Gasteiger partial charge is 0.350 e. The van der Waals surface area contributed by atoms with Gasteiger partial charge in [-0.3, -0.25) is 9.52 Å². The van der Waals surface area contributed by atoms with E-state index in [0.29, 0.717) is 24.3 Å². The highest BCUT2D eigenvalue weighted by atomic mass is 32.2. The highest BCUT2D eigenvalue weighted by Crippen LogP contribution is 2.19. The molecule has 0 fully saturated rings. The van der Waals surface area contributed by atoms with Crippen LogP contribution in [0.25, 0.3) is 11.0 Å². The van der Waals surface area contributed by atoms with Crippen LogP contribution in [0.4, 0.5) is 10.1 Å². The van der Waals surface area contributed by atoms with Gasteiger partial charge in [-0.2, -0.15) is 0 Å². The smallest absolute Gasteiger partial charge is 0.261 e. The average molecular weight is 467 g/mol. The molecule has 4 aromatic rings. The van der Waals surface area contributed by atoms with Crippen LogP contribution in [0, 0.1) is 19.7 Å². The Kier molecular flexibility index (Phi) is 6.15. The summed E-state index contributed by atoms with van der Waals surface area (Å²) in [6.45, 7) is 4.42. The van der Waals surface area contributed by atoms with E-state index in [9.17, 15) is 17.6 Å². The van der Waals surface area contributed by atoms with Crippen LogP contribution in [-0.2, 0) is 16.6 Å². The number of carbonyl (C=O) groups excluding carboxylic acids is 1. The highest BCUT2D eigenvalue weighted by molar-refractivity contribution is 7.92. The van der Waals surface area contributed by atoms with Gasteiger partial charge in [-0.1, -0.05) is 12.1 Å². The number of halogens is 1. The van der Waals surface area contributed by atoms with E-state index in [4.69, 9.17) is 0 Å². The van der Waals surface area contributed by atoms with E-state index >= 15 is 0 Å². The molecule has 4 rings (SSSR count). The first kappa shape index (κ1) is 22.5. The standard InChI is InChI=1S/C24H23FN4O3S/c1-16-15-20(11-12-21(16)25)33(31,32)28-19-9-7-18(8-10-19)24(30)26-13-14-29-17(2)27-22-5-3-4-6-23(22)29/h3-12,15,28H,13-14H2,1-2H3,(H,26,30). The molecule has 0 unspecified atom stereocenters. The van der Waals surface area contributed by atoms with Gasteiger partial charge in [-0.25, -0.2) is 17.8 Å². The zero-order chi connectivity index (χ0) is 23.6. The molecule has 0 spiro atoms. The molecule has 1 heterocycles. The predicted molar refractivity (Wildman–Crippen MR) is 125 cm³/mol. The van der Waals surface area contributed by atoms with Gasteiger partial charge >= 0.3 is 0 Å². The van der Waals surface area contributed by atoms with Crippen molar-refractivity contribution in [2.45, 2.75) is 25.3 Å². The zero-order valence-corrected chi connectivity index (χ0v) is 19.0. The van der Waals surface area contributed by atoms with Crippen molar-refractivity contribution in [1.82, 2.24) is 14.9 Å². The third kappa shape index (κ3) is 4.88. The SMILES string of the molecule is Cc1cc(S(=O)(=O)Nc2ccc(C(=O)NCCn3c(C)nc4ccccc43)cc2)ccc1F. The maximum Gasteiger partial charge on any atom is 0.261 e. The quantitative estimate of drug-likeness (QED) is 0.430. The molecular weight excluding hydrogens is 443 g/mol. The minimum atomic E-state index is -3.87. The normalized spacial score (nSPS) is 11.5. The number of hydrogen-bond acceptors (Lipinski definition) is 4. The third-order valence-electron chi connectivity index (χ3n) is 5.31. The zero-order valence-electron chi connectivity index (χ0n) is 18.2. The number of benzene rings is 3. The van der Waals surface area contributed by atoms with Gasteiger partial charge in [0.1, 0.15) is 11.6 Å². The summed E-state index contributed by atoms with van der Waals surface area (Å²) in [4.78, 5) is 17.0. The van der Waals surface area contributed by atoms with Crippen LogP contribution >= 0.6 is 0 Å². The van der Waals surface area contributed by atoms with E-state index in [-0.39, 0.29) is 16.4 Å². The van der Waals surface area contributed by atoms with E-state index in [1.165, 1.54) is 31.2 Å². The Morgan fingerprint density at radius 1 is 1.03 bits per heavy atom. The monoisotopic (exact) mass is 466 g/mol. The van der Waals surface area contributed by atoms with Gasteiger partial charge in [0, 0.05) is 24.3 Å². The number of sulfonamides is 1. The van der Waals surface area contributed by atoms with Gasteiger partial charge in [0.25, 0.3) is 15.9 Å². The number of aryl methyl sites for hydroxylation is 2. The van der Waals surface area contributed by atoms with Gasteiger partial charge in [0.05, 0.1) is 15.9 Å². The summed E-state index contributed by atoms with van der Waals surface area (Å²) in [7, 11) is -3.87. The Hall–Kier alpha value is -3.72. The summed E-state index contributed by atoms with van der Waals surface area (Å²) in [6.07, 6.45) is 0. The van der Waals surface area contributed by atoms with Crippen LogP contribution in [0.3, 0.4) is 0 Å². The van der Waals surface area contributed by atoms with Gasteiger partial charge in [-0.15, -0.1) is 0 Å². The van der Waals surface area contributed by atoms with Crippen molar-refractivity contribution in [3.63, 3.8) is 0 Å². The number of aromatic nitrogens is 2. The molecule has 0 saturated carbocycles. The molecule has 3 aromatic carbocycles. The van der Waals surface area contributed by atoms with Crippen molar-refractivity contribution in [3.05, 3.63) is 89.5 Å². The molecule has 170 valence electrons. The topological polar surface area (TPSA) is 93.1 Å². The summed E-state index contributed by atoms with van der Waals surface area (Å²) in [5.74, 6) is 0.139. The Morgan fingerprint density at radius 2 is 1.76 bits per heavy atom. The van der Waals surface area contributed by atoms with Crippen LogP contribution in [0.2, 0.25) is 0 Å². The number of nitrogens with one attached hydrogen (secondary N) is 2. The molecule has 2 N–H and O–H groups in total. The fourth-order valence-electron chi connectivity index (χ4n) is 3.55. The lowest BCUT2D eigenvalue weighted by Gasteiger charge is -2.11. The van der Waals surface area contributed by atoms with Crippen molar-refractivity contribution >= 4 is 32.7 Å². The Labute approximate surface area is 191 Å². The molecular formula is C24H23FN4O3S. The van der Waals surface area contributed by atoms with E-state index < -0.39 is 15.8 Å². The van der Waals surface area contributed by atoms with Crippen LogP contribution in [0.5, 0.6) is 0 Å². The van der Waals surface area contributed by atoms with Crippen LogP contribution in [-0.4, -0.2) is 30.4 Å². The van der Waals surface area contributed by atoms with Gasteiger partial charge in [0.2, 0.25) is 0 Å². The number of rotatable bonds is 7. The van der Waals surface area contributed by atoms with Crippen LogP contribution in [0.1, 0.15) is 21.7 Å². The third-order valence-corrected chi connectivity index (χ3v) is 6.68. The van der Waals surface area contributed by atoms with Gasteiger partial charge in [0.15, 0.2) is 0 Å². The number of fused-ring (bicyclic) bond motifs is 1. The van der Waals surface area contributed by atoms with Crippen molar-refractivity contribution in [2.24, 2.45) is 0 Å². The van der Waals surface area contributed by atoms with E-state index in [2.05, 4.69) is 15.0 Å². The Morgan fingerprint density at radius 3 is 2.48 bits per heavy atom. The van der Waals surface area contributed by atoms with Crippen LogP contribution in [0.15, 0.2) is 71.6 Å². The molecule has 0 bridgehead atoms. The lowest BCUT2D eigenvalue weighted by Crippen LogP contribution is -2.27. The highest BCUT2D eigenvalue weighted by Gasteiger charge is 2.16. The van der Waals surface area contributed by atoms with Crippen molar-refractivity contribution < 1.29 is 17.6 Å². The molecule has 1 aromatic heterocycles. The lowest BCUT2D eigenvalue weighted by molar-refractivity contribution is 0.0952. The molecule has 1 amide bonds. The molecule has 0 aliphatic rings. The average Bonchev–Trinajstić information content (AvgIpc) is 3.11. The molecule has 0 radical (unpaired) electrons. The van der Waals surface area contributed by atoms with Crippen LogP contribution < -0.4 is 10.0 Å². The molecule has 0 aliphatic carbocycles. The predicted octanol–water partition coefficient (Wildman–Crippen LogP) is 4.02. The maximum atomic E-state index is 13.4. The second-order valence-corrected chi connectivity index (χ2v) is 9.33. The fraction of sp³-hybridized carbons (Fsp3) is 0.167.